The molecule has 0 fully saturated rings. The van der Waals surface area contributed by atoms with Gasteiger partial charge in [-0.1, -0.05) is 179 Å². The highest BCUT2D eigenvalue weighted by molar-refractivity contribution is 7.47. The average Bonchev–Trinajstić information content (AvgIpc) is 3.17. The number of rotatable bonds is 43. The van der Waals surface area contributed by atoms with Crippen LogP contribution in [0.15, 0.2) is 36.5 Å². The van der Waals surface area contributed by atoms with Crippen molar-refractivity contribution in [3.05, 3.63) is 36.5 Å². The van der Waals surface area contributed by atoms with E-state index >= 15 is 0 Å². The molecule has 10 heteroatoms. The Morgan fingerprint density at radius 1 is 0.534 bits per heavy atom. The van der Waals surface area contributed by atoms with Gasteiger partial charge in [-0.25, -0.2) is 4.57 Å². The van der Waals surface area contributed by atoms with E-state index in [1.807, 2.05) is 21.1 Å². The predicted molar refractivity (Wildman–Crippen MR) is 243 cm³/mol. The molecular weight excluding hydrogens is 750 g/mol. The molecule has 0 amide bonds. The molecule has 340 valence electrons. The summed E-state index contributed by atoms with van der Waals surface area (Å²) in [5, 5.41) is 0. The van der Waals surface area contributed by atoms with E-state index in [2.05, 4.69) is 50.3 Å². The summed E-state index contributed by atoms with van der Waals surface area (Å²) in [7, 11) is 1.46. The summed E-state index contributed by atoms with van der Waals surface area (Å²) in [6.45, 7) is 4.37. The number of allylic oxidation sites excluding steroid dienone is 6. The van der Waals surface area contributed by atoms with Crippen LogP contribution in [-0.2, 0) is 32.7 Å². The minimum Gasteiger partial charge on any atom is -0.462 e. The van der Waals surface area contributed by atoms with Crippen molar-refractivity contribution in [1.82, 2.24) is 0 Å². The van der Waals surface area contributed by atoms with E-state index in [-0.39, 0.29) is 26.1 Å². The van der Waals surface area contributed by atoms with E-state index in [0.717, 1.165) is 44.9 Å². The zero-order chi connectivity index (χ0) is 42.8. The Labute approximate surface area is 357 Å². The van der Waals surface area contributed by atoms with Crippen LogP contribution >= 0.6 is 7.82 Å². The van der Waals surface area contributed by atoms with Crippen LogP contribution in [0.2, 0.25) is 0 Å². The summed E-state index contributed by atoms with van der Waals surface area (Å²) in [5.41, 5.74) is 0. The summed E-state index contributed by atoms with van der Waals surface area (Å²) in [5.74, 6) is -0.836. The first-order valence-corrected chi connectivity index (χ1v) is 25.2. The topological polar surface area (TPSA) is 108 Å². The number of esters is 2. The maximum atomic E-state index is 12.7. The van der Waals surface area contributed by atoms with Crippen molar-refractivity contribution >= 4 is 19.8 Å². The highest BCUT2D eigenvalue weighted by Gasteiger charge is 2.27. The lowest BCUT2D eigenvalue weighted by Gasteiger charge is -2.24. The smallest absolute Gasteiger partial charge is 0.462 e. The van der Waals surface area contributed by atoms with Crippen LogP contribution in [0.5, 0.6) is 0 Å². The number of nitrogens with zero attached hydrogens (tertiary/aromatic N) is 1. The van der Waals surface area contributed by atoms with E-state index in [1.54, 1.807) is 0 Å². The van der Waals surface area contributed by atoms with Gasteiger partial charge in [0, 0.05) is 12.8 Å². The third kappa shape index (κ3) is 43.8. The van der Waals surface area contributed by atoms with Gasteiger partial charge in [-0.15, -0.1) is 0 Å². The van der Waals surface area contributed by atoms with Gasteiger partial charge in [0.2, 0.25) is 0 Å². The average molecular weight is 841 g/mol. The van der Waals surface area contributed by atoms with Gasteiger partial charge in [-0.05, 0) is 51.4 Å². The summed E-state index contributed by atoms with van der Waals surface area (Å²) < 4.78 is 34.3. The summed E-state index contributed by atoms with van der Waals surface area (Å²) in [6.07, 6.45) is 46.2. The molecule has 0 aliphatic rings. The number of likely N-dealkylation sites (N-methyl/N-ethyl adjacent to an activating group) is 1. The van der Waals surface area contributed by atoms with Crippen LogP contribution in [0.25, 0.3) is 0 Å². The Morgan fingerprint density at radius 2 is 0.931 bits per heavy atom. The fourth-order valence-electron chi connectivity index (χ4n) is 6.43. The molecule has 0 saturated heterocycles. The number of hydrogen-bond acceptors (Lipinski definition) is 7. The second kappa shape index (κ2) is 40.6. The molecule has 0 heterocycles. The largest absolute Gasteiger partial charge is 0.472 e. The monoisotopic (exact) mass is 841 g/mol. The van der Waals surface area contributed by atoms with Gasteiger partial charge < -0.3 is 18.9 Å². The lowest BCUT2D eigenvalue weighted by Crippen LogP contribution is -2.37. The van der Waals surface area contributed by atoms with E-state index in [9.17, 15) is 19.0 Å². The number of unbranched alkanes of at least 4 members (excludes halogenated alkanes) is 23. The van der Waals surface area contributed by atoms with Crippen molar-refractivity contribution in [3.8, 4) is 0 Å². The van der Waals surface area contributed by atoms with Crippen LogP contribution < -0.4 is 0 Å². The number of phosphoric ester groups is 1. The summed E-state index contributed by atoms with van der Waals surface area (Å²) >= 11 is 0. The Bertz CT molecular complexity index is 1090. The number of hydrogen-bond donors (Lipinski definition) is 1. The normalized spacial score (nSPS) is 13.8. The molecule has 0 rings (SSSR count). The molecule has 58 heavy (non-hydrogen) atoms. The second-order valence-corrected chi connectivity index (χ2v) is 18.6. The molecule has 0 aliphatic heterocycles. The molecule has 9 nitrogen and oxygen atoms in total. The van der Waals surface area contributed by atoms with Gasteiger partial charge in [0.15, 0.2) is 6.10 Å². The maximum Gasteiger partial charge on any atom is 0.472 e. The highest BCUT2D eigenvalue weighted by Crippen LogP contribution is 2.43. The molecule has 1 N–H and O–H groups in total. The van der Waals surface area contributed by atoms with Crippen molar-refractivity contribution in [2.24, 2.45) is 0 Å². The number of carbonyl (C=O) groups is 2. The van der Waals surface area contributed by atoms with Crippen LogP contribution in [0.4, 0.5) is 0 Å². The van der Waals surface area contributed by atoms with Gasteiger partial charge in [0.25, 0.3) is 0 Å². The van der Waals surface area contributed by atoms with Crippen molar-refractivity contribution < 1.29 is 42.1 Å². The van der Waals surface area contributed by atoms with Gasteiger partial charge >= 0.3 is 19.8 Å². The predicted octanol–water partition coefficient (Wildman–Crippen LogP) is 13.7. The molecule has 0 aromatic rings. The molecule has 2 atom stereocenters. The maximum absolute atomic E-state index is 12.7. The van der Waals surface area contributed by atoms with Crippen molar-refractivity contribution in [1.29, 1.82) is 0 Å². The number of carbonyl (C=O) groups excluding carboxylic acids is 2. The molecule has 0 radical (unpaired) electrons. The first-order valence-electron chi connectivity index (χ1n) is 23.7. The SMILES string of the molecule is CCCCC/C=C/C/C=C/C/C=C/CCCCC(=O)OC[C@H](COP(=O)(O)OCC[N+](C)(C)C)OC(=O)CCCCCCCCCCCCCCCCCCCCC. The van der Waals surface area contributed by atoms with E-state index in [1.165, 1.54) is 122 Å². The fraction of sp³-hybridized carbons (Fsp3) is 0.833. The first kappa shape index (κ1) is 56.2. The molecule has 0 aliphatic carbocycles. The van der Waals surface area contributed by atoms with E-state index in [4.69, 9.17) is 18.5 Å². The standard InChI is InChI=1S/C48H90NO8P/c1-6-8-10-12-14-16-18-20-22-23-24-25-27-29-31-33-35-37-39-41-48(51)57-46(45-56-58(52,53)55-43-42-49(3,4)5)44-54-47(50)40-38-36-34-32-30-28-26-21-19-17-15-13-11-9-7-2/h15,17,21,26,30,32,46H,6-14,16,18-20,22-25,27-29,31,33-45H2,1-5H3/p+1/b17-15+,26-21+,32-30+/t46-/m1/s1. The third-order valence-corrected chi connectivity index (χ3v) is 11.2. The summed E-state index contributed by atoms with van der Waals surface area (Å²) in [6, 6.07) is 0. The highest BCUT2D eigenvalue weighted by atomic mass is 31.2. The molecule has 0 aromatic carbocycles. The zero-order valence-electron chi connectivity index (χ0n) is 38.3. The van der Waals surface area contributed by atoms with Crippen LogP contribution in [0.1, 0.15) is 206 Å². The Hall–Kier alpha value is -1.77. The molecule has 0 saturated carbocycles. The van der Waals surface area contributed by atoms with Gasteiger partial charge in [-0.3, -0.25) is 18.6 Å². The van der Waals surface area contributed by atoms with E-state index in [0.29, 0.717) is 23.9 Å². The Morgan fingerprint density at radius 3 is 1.41 bits per heavy atom. The Kier molecular flexibility index (Phi) is 39.4. The first-order chi connectivity index (χ1) is 28.0. The van der Waals surface area contributed by atoms with Crippen LogP contribution in [-0.4, -0.2) is 74.9 Å². The molecule has 0 aromatic heterocycles. The fourth-order valence-corrected chi connectivity index (χ4v) is 7.17. The lowest BCUT2D eigenvalue weighted by atomic mass is 10.0. The number of phosphoric acid groups is 1. The van der Waals surface area contributed by atoms with Gasteiger partial charge in [0.1, 0.15) is 19.8 Å². The zero-order valence-corrected chi connectivity index (χ0v) is 39.2. The number of quaternary nitrogens is 1. The van der Waals surface area contributed by atoms with E-state index < -0.39 is 32.5 Å². The minimum absolute atomic E-state index is 0.0266. The van der Waals surface area contributed by atoms with Gasteiger partial charge in [-0.2, -0.15) is 0 Å². The third-order valence-electron chi connectivity index (χ3n) is 10.2. The number of ether oxygens (including phenoxy) is 2. The van der Waals surface area contributed by atoms with Crippen molar-refractivity contribution in [2.45, 2.75) is 213 Å². The molecule has 1 unspecified atom stereocenters. The second-order valence-electron chi connectivity index (χ2n) is 17.1. The van der Waals surface area contributed by atoms with Crippen molar-refractivity contribution in [2.75, 3.05) is 47.5 Å². The molecule has 0 spiro atoms. The summed E-state index contributed by atoms with van der Waals surface area (Å²) in [4.78, 5) is 35.4. The van der Waals surface area contributed by atoms with Gasteiger partial charge in [0.05, 0.1) is 27.7 Å². The Balaban J connectivity index is 4.33. The van der Waals surface area contributed by atoms with Crippen LogP contribution in [0.3, 0.4) is 0 Å². The quantitative estimate of drug-likeness (QED) is 0.0213. The molecule has 0 bridgehead atoms. The lowest BCUT2D eigenvalue weighted by molar-refractivity contribution is -0.870. The minimum atomic E-state index is -4.38. The van der Waals surface area contributed by atoms with Crippen molar-refractivity contribution in [3.63, 3.8) is 0 Å². The molecular formula is C48H91NO8P+. The van der Waals surface area contributed by atoms with Crippen LogP contribution in [0, 0.1) is 0 Å².